The van der Waals surface area contributed by atoms with Crippen LogP contribution in [0, 0.1) is 0 Å². The Morgan fingerprint density at radius 1 is 1.21 bits per heavy atom. The Labute approximate surface area is 143 Å². The molecule has 1 amide bonds. The second kappa shape index (κ2) is 6.94. The van der Waals surface area contributed by atoms with Crippen LogP contribution in [-0.4, -0.2) is 31.2 Å². The molecule has 0 aliphatic heterocycles. The maximum absolute atomic E-state index is 12.3. The van der Waals surface area contributed by atoms with E-state index >= 15 is 0 Å². The highest BCUT2D eigenvalue weighted by atomic mass is 32.2. The van der Waals surface area contributed by atoms with Crippen LogP contribution in [0.15, 0.2) is 28.7 Å². The minimum atomic E-state index is -3.90. The second-order valence-electron chi connectivity index (χ2n) is 6.30. The van der Waals surface area contributed by atoms with E-state index in [2.05, 4.69) is 18.6 Å². The van der Waals surface area contributed by atoms with Gasteiger partial charge in [-0.2, -0.15) is 12.7 Å². The maximum atomic E-state index is 12.3. The third kappa shape index (κ3) is 3.79. The van der Waals surface area contributed by atoms with E-state index in [1.807, 2.05) is 12.1 Å². The van der Waals surface area contributed by atoms with Gasteiger partial charge in [-0.05, 0) is 43.5 Å². The zero-order valence-electron chi connectivity index (χ0n) is 14.7. The molecule has 0 atom stereocenters. The first kappa shape index (κ1) is 18.5. The average Bonchev–Trinajstić information content (AvgIpc) is 2.89. The highest BCUT2D eigenvalue weighted by molar-refractivity contribution is 7.87. The van der Waals surface area contributed by atoms with Gasteiger partial charge in [0.25, 0.3) is 0 Å². The summed E-state index contributed by atoms with van der Waals surface area (Å²) in [6.07, 6.45) is 0. The minimum Gasteiger partial charge on any atom is -0.451 e. The first-order chi connectivity index (χ1) is 11.2. The molecule has 1 aromatic heterocycles. The predicted molar refractivity (Wildman–Crippen MR) is 94.2 cm³/mol. The van der Waals surface area contributed by atoms with Crippen LogP contribution in [0.3, 0.4) is 0 Å². The number of hydrogen-bond acceptors (Lipinski definition) is 4. The van der Waals surface area contributed by atoms with Crippen molar-refractivity contribution in [3.8, 4) is 0 Å². The smallest absolute Gasteiger partial charge is 0.304 e. The number of benzene rings is 1. The van der Waals surface area contributed by atoms with Crippen LogP contribution in [-0.2, 0) is 10.2 Å². The Balaban J connectivity index is 2.28. The predicted octanol–water partition coefficient (Wildman–Crippen LogP) is 3.26. The van der Waals surface area contributed by atoms with E-state index in [1.54, 1.807) is 32.9 Å². The standard InChI is InChI=1S/C17H24N2O4S/c1-6-19(12(4)5)24(21,22)18-17(20)16-10-14-9-13(11(2)3)7-8-15(14)23-16/h7-12H,6H2,1-5H3,(H,18,20). The summed E-state index contributed by atoms with van der Waals surface area (Å²) in [4.78, 5) is 12.3. The number of amides is 1. The molecule has 1 heterocycles. The Morgan fingerprint density at radius 2 is 1.88 bits per heavy atom. The molecule has 0 unspecified atom stereocenters. The highest BCUT2D eigenvalue weighted by Crippen LogP contribution is 2.24. The van der Waals surface area contributed by atoms with E-state index in [4.69, 9.17) is 4.42 Å². The lowest BCUT2D eigenvalue weighted by Crippen LogP contribution is -2.46. The summed E-state index contributed by atoms with van der Waals surface area (Å²) >= 11 is 0. The van der Waals surface area contributed by atoms with Crippen molar-refractivity contribution in [2.24, 2.45) is 0 Å². The first-order valence-electron chi connectivity index (χ1n) is 8.03. The molecule has 0 fully saturated rings. The molecule has 0 aliphatic rings. The number of carbonyl (C=O) groups is 1. The maximum Gasteiger partial charge on any atom is 0.304 e. The molecule has 24 heavy (non-hydrogen) atoms. The number of fused-ring (bicyclic) bond motifs is 1. The van der Waals surface area contributed by atoms with Crippen molar-refractivity contribution in [1.82, 2.24) is 9.03 Å². The molecule has 0 bridgehead atoms. The fourth-order valence-electron chi connectivity index (χ4n) is 2.57. The third-order valence-corrected chi connectivity index (χ3v) is 5.59. The van der Waals surface area contributed by atoms with E-state index in [1.165, 1.54) is 4.31 Å². The lowest BCUT2D eigenvalue weighted by molar-refractivity contribution is 0.0954. The molecule has 0 saturated carbocycles. The molecule has 0 spiro atoms. The van der Waals surface area contributed by atoms with Crippen LogP contribution in [0.2, 0.25) is 0 Å². The van der Waals surface area contributed by atoms with Crippen LogP contribution in [0.1, 0.15) is 56.7 Å². The van der Waals surface area contributed by atoms with Gasteiger partial charge < -0.3 is 4.42 Å². The van der Waals surface area contributed by atoms with Gasteiger partial charge in [0.15, 0.2) is 5.76 Å². The van der Waals surface area contributed by atoms with Crippen molar-refractivity contribution < 1.29 is 17.6 Å². The second-order valence-corrected chi connectivity index (χ2v) is 7.92. The number of nitrogens with zero attached hydrogens (tertiary/aromatic N) is 1. The normalized spacial score (nSPS) is 12.5. The molecule has 132 valence electrons. The molecule has 2 aromatic rings. The number of hydrogen-bond donors (Lipinski definition) is 1. The van der Waals surface area contributed by atoms with Gasteiger partial charge in [-0.25, -0.2) is 4.72 Å². The molecular weight excluding hydrogens is 328 g/mol. The van der Waals surface area contributed by atoms with Gasteiger partial charge in [0.05, 0.1) is 0 Å². The molecule has 0 aliphatic carbocycles. The van der Waals surface area contributed by atoms with Crippen LogP contribution in [0.25, 0.3) is 11.0 Å². The topological polar surface area (TPSA) is 79.6 Å². The summed E-state index contributed by atoms with van der Waals surface area (Å²) < 4.78 is 33.4. The van der Waals surface area contributed by atoms with Crippen molar-refractivity contribution in [1.29, 1.82) is 0 Å². The SMILES string of the molecule is CCN(C(C)C)S(=O)(=O)NC(=O)c1cc2cc(C(C)C)ccc2o1. The van der Waals surface area contributed by atoms with Gasteiger partial charge in [-0.3, -0.25) is 4.79 Å². The van der Waals surface area contributed by atoms with Gasteiger partial charge in [0.2, 0.25) is 0 Å². The Hall–Kier alpha value is -1.86. The molecule has 1 N–H and O–H groups in total. The van der Waals surface area contributed by atoms with Gasteiger partial charge in [0.1, 0.15) is 5.58 Å². The zero-order valence-corrected chi connectivity index (χ0v) is 15.5. The van der Waals surface area contributed by atoms with Crippen LogP contribution < -0.4 is 4.72 Å². The van der Waals surface area contributed by atoms with Crippen molar-refractivity contribution in [3.63, 3.8) is 0 Å². The van der Waals surface area contributed by atoms with Crippen LogP contribution in [0.5, 0.6) is 0 Å². The molecule has 6 nitrogen and oxygen atoms in total. The Kier molecular flexibility index (Phi) is 5.35. The lowest BCUT2D eigenvalue weighted by Gasteiger charge is -2.23. The monoisotopic (exact) mass is 352 g/mol. The Morgan fingerprint density at radius 3 is 2.42 bits per heavy atom. The minimum absolute atomic E-state index is 0.0192. The van der Waals surface area contributed by atoms with E-state index in [9.17, 15) is 13.2 Å². The number of nitrogens with one attached hydrogen (secondary N) is 1. The molecule has 1 aromatic carbocycles. The van der Waals surface area contributed by atoms with Crippen molar-refractivity contribution in [2.75, 3.05) is 6.54 Å². The zero-order chi connectivity index (χ0) is 18.1. The Bertz CT molecular complexity index is 837. The summed E-state index contributed by atoms with van der Waals surface area (Å²) in [5, 5.41) is 0.778. The summed E-state index contributed by atoms with van der Waals surface area (Å²) in [6.45, 7) is 9.65. The van der Waals surface area contributed by atoms with E-state index in [0.717, 1.165) is 10.9 Å². The summed E-state index contributed by atoms with van der Waals surface area (Å²) in [5.41, 5.74) is 1.68. The molecule has 2 rings (SSSR count). The highest BCUT2D eigenvalue weighted by Gasteiger charge is 2.27. The lowest BCUT2D eigenvalue weighted by atomic mass is 10.0. The number of rotatable bonds is 6. The van der Waals surface area contributed by atoms with E-state index in [-0.39, 0.29) is 18.3 Å². The molecule has 7 heteroatoms. The molecule has 0 radical (unpaired) electrons. The number of furan rings is 1. The quantitative estimate of drug-likeness (QED) is 0.865. The van der Waals surface area contributed by atoms with E-state index < -0.39 is 16.1 Å². The van der Waals surface area contributed by atoms with E-state index in [0.29, 0.717) is 11.5 Å². The molecular formula is C17H24N2O4S. The van der Waals surface area contributed by atoms with Crippen molar-refractivity contribution in [3.05, 3.63) is 35.6 Å². The van der Waals surface area contributed by atoms with Gasteiger partial charge in [-0.15, -0.1) is 0 Å². The van der Waals surface area contributed by atoms with Crippen molar-refractivity contribution in [2.45, 2.75) is 46.6 Å². The van der Waals surface area contributed by atoms with Crippen LogP contribution >= 0.6 is 0 Å². The fraction of sp³-hybridized carbons (Fsp3) is 0.471. The van der Waals surface area contributed by atoms with Gasteiger partial charge in [-0.1, -0.05) is 26.8 Å². The van der Waals surface area contributed by atoms with Crippen molar-refractivity contribution >= 4 is 27.1 Å². The number of carbonyl (C=O) groups excluding carboxylic acids is 1. The van der Waals surface area contributed by atoms with Gasteiger partial charge >= 0.3 is 16.1 Å². The average molecular weight is 352 g/mol. The third-order valence-electron chi connectivity index (χ3n) is 3.85. The first-order valence-corrected chi connectivity index (χ1v) is 9.47. The van der Waals surface area contributed by atoms with Crippen LogP contribution in [0.4, 0.5) is 0 Å². The molecule has 0 saturated heterocycles. The summed E-state index contributed by atoms with van der Waals surface area (Å²) in [5.74, 6) is -0.434. The largest absolute Gasteiger partial charge is 0.451 e. The summed E-state index contributed by atoms with van der Waals surface area (Å²) in [7, 11) is -3.90. The van der Waals surface area contributed by atoms with Gasteiger partial charge in [0, 0.05) is 18.0 Å². The fourth-order valence-corrected chi connectivity index (χ4v) is 3.92. The summed E-state index contributed by atoms with van der Waals surface area (Å²) in [6, 6.07) is 7.00.